The molecule has 1 aliphatic heterocycles. The van der Waals surface area contributed by atoms with E-state index < -0.39 is 11.9 Å². The molecular formula is C16H19F3N6O. The van der Waals surface area contributed by atoms with Gasteiger partial charge in [-0.1, -0.05) is 0 Å². The molecule has 0 saturated carbocycles. The molecule has 0 spiro atoms. The van der Waals surface area contributed by atoms with Crippen molar-refractivity contribution in [1.82, 2.24) is 24.4 Å². The largest absolute Gasteiger partial charge is 0.433 e. The van der Waals surface area contributed by atoms with Crippen LogP contribution in [-0.2, 0) is 19.8 Å². The van der Waals surface area contributed by atoms with Gasteiger partial charge >= 0.3 is 6.18 Å². The van der Waals surface area contributed by atoms with Crippen molar-refractivity contribution in [2.45, 2.75) is 31.6 Å². The minimum atomic E-state index is -4.49. The van der Waals surface area contributed by atoms with E-state index in [0.717, 1.165) is 25.2 Å². The van der Waals surface area contributed by atoms with Gasteiger partial charge in [0.15, 0.2) is 0 Å². The number of anilines is 1. The minimum Gasteiger partial charge on any atom is -0.367 e. The van der Waals surface area contributed by atoms with Crippen LogP contribution in [0.5, 0.6) is 0 Å². The van der Waals surface area contributed by atoms with E-state index in [0.29, 0.717) is 25.3 Å². The topological polar surface area (TPSA) is 75.9 Å². The Kier molecular flexibility index (Phi) is 5.21. The first-order valence-electron chi connectivity index (χ1n) is 8.21. The summed E-state index contributed by atoms with van der Waals surface area (Å²) in [4.78, 5) is 25.4. The van der Waals surface area contributed by atoms with Gasteiger partial charge in [0.25, 0.3) is 5.56 Å². The quantitative estimate of drug-likeness (QED) is 0.885. The van der Waals surface area contributed by atoms with Crippen molar-refractivity contribution in [3.63, 3.8) is 0 Å². The average molecular weight is 368 g/mol. The number of hydrogen-bond acceptors (Lipinski definition) is 6. The van der Waals surface area contributed by atoms with E-state index in [1.165, 1.54) is 4.57 Å². The van der Waals surface area contributed by atoms with E-state index >= 15 is 0 Å². The van der Waals surface area contributed by atoms with Crippen LogP contribution < -0.4 is 10.9 Å². The molecule has 10 heteroatoms. The monoisotopic (exact) mass is 368 g/mol. The number of rotatable bonds is 4. The number of nitrogens with one attached hydrogen (secondary N) is 1. The van der Waals surface area contributed by atoms with Crippen LogP contribution in [0.15, 0.2) is 29.6 Å². The summed E-state index contributed by atoms with van der Waals surface area (Å²) in [7, 11) is 1.68. The Morgan fingerprint density at radius 3 is 2.65 bits per heavy atom. The molecule has 0 aromatic carbocycles. The lowest BCUT2D eigenvalue weighted by molar-refractivity contribution is -0.141. The standard InChI is InChI=1S/C16H19F3N6O/c1-24-7-4-20-12(15(24)26)9-25-5-2-11(3-6-25)23-14-8-13(16(17,18)19)21-10-22-14/h4,7-8,10-11H,2-3,5-6,9H2,1H3,(H,21,22,23). The summed E-state index contributed by atoms with van der Waals surface area (Å²) in [6.45, 7) is 1.90. The third-order valence-electron chi connectivity index (χ3n) is 4.36. The highest BCUT2D eigenvalue weighted by Gasteiger charge is 2.33. The molecule has 0 radical (unpaired) electrons. The molecule has 2 aromatic rings. The van der Waals surface area contributed by atoms with Crippen LogP contribution >= 0.6 is 0 Å². The lowest BCUT2D eigenvalue weighted by Crippen LogP contribution is -2.40. The fraction of sp³-hybridized carbons (Fsp3) is 0.500. The molecule has 2 aromatic heterocycles. The van der Waals surface area contributed by atoms with Gasteiger partial charge in [-0.05, 0) is 12.8 Å². The maximum Gasteiger partial charge on any atom is 0.433 e. The van der Waals surface area contributed by atoms with E-state index in [2.05, 4.69) is 25.2 Å². The molecule has 0 unspecified atom stereocenters. The molecule has 0 bridgehead atoms. The highest BCUT2D eigenvalue weighted by Crippen LogP contribution is 2.28. The Labute approximate surface area is 147 Å². The van der Waals surface area contributed by atoms with Crippen LogP contribution in [0.25, 0.3) is 0 Å². The van der Waals surface area contributed by atoms with E-state index in [1.54, 1.807) is 19.4 Å². The van der Waals surface area contributed by atoms with E-state index in [-0.39, 0.29) is 17.4 Å². The third kappa shape index (κ3) is 4.37. The second-order valence-corrected chi connectivity index (χ2v) is 6.27. The maximum absolute atomic E-state index is 12.7. The van der Waals surface area contributed by atoms with Crippen LogP contribution in [0.3, 0.4) is 0 Å². The SMILES string of the molecule is Cn1ccnc(CN2CCC(Nc3cc(C(F)(F)F)ncn3)CC2)c1=O. The fourth-order valence-electron chi connectivity index (χ4n) is 2.91. The second-order valence-electron chi connectivity index (χ2n) is 6.27. The van der Waals surface area contributed by atoms with Crippen molar-refractivity contribution < 1.29 is 13.2 Å². The predicted octanol–water partition coefficient (Wildman–Crippen LogP) is 1.67. The van der Waals surface area contributed by atoms with Gasteiger partial charge in [-0.2, -0.15) is 13.2 Å². The predicted molar refractivity (Wildman–Crippen MR) is 88.4 cm³/mol. The molecule has 7 nitrogen and oxygen atoms in total. The summed E-state index contributed by atoms with van der Waals surface area (Å²) in [6, 6.07) is 0.943. The van der Waals surface area contributed by atoms with Crippen LogP contribution in [0.4, 0.5) is 19.0 Å². The Morgan fingerprint density at radius 2 is 1.96 bits per heavy atom. The number of hydrogen-bond donors (Lipinski definition) is 1. The van der Waals surface area contributed by atoms with Gasteiger partial charge in [-0.25, -0.2) is 9.97 Å². The highest BCUT2D eigenvalue weighted by molar-refractivity contribution is 5.36. The van der Waals surface area contributed by atoms with Gasteiger partial charge in [0.2, 0.25) is 0 Å². The van der Waals surface area contributed by atoms with Crippen molar-refractivity contribution in [3.8, 4) is 0 Å². The van der Waals surface area contributed by atoms with Crippen molar-refractivity contribution in [1.29, 1.82) is 0 Å². The zero-order valence-electron chi connectivity index (χ0n) is 14.2. The summed E-state index contributed by atoms with van der Waals surface area (Å²) in [5.41, 5.74) is -0.584. The molecule has 1 fully saturated rings. The van der Waals surface area contributed by atoms with Gasteiger partial charge in [-0.3, -0.25) is 14.7 Å². The van der Waals surface area contributed by atoms with Gasteiger partial charge < -0.3 is 9.88 Å². The number of likely N-dealkylation sites (tertiary alicyclic amines) is 1. The smallest absolute Gasteiger partial charge is 0.367 e. The van der Waals surface area contributed by atoms with E-state index in [9.17, 15) is 18.0 Å². The Hall–Kier alpha value is -2.49. The van der Waals surface area contributed by atoms with Gasteiger partial charge in [0.05, 0.1) is 0 Å². The first kappa shape index (κ1) is 18.3. The van der Waals surface area contributed by atoms with Crippen LogP contribution in [-0.4, -0.2) is 43.6 Å². The number of alkyl halides is 3. The van der Waals surface area contributed by atoms with Crippen LogP contribution in [0, 0.1) is 0 Å². The number of aromatic nitrogens is 4. The lowest BCUT2D eigenvalue weighted by atomic mass is 10.0. The van der Waals surface area contributed by atoms with Gasteiger partial charge in [0.1, 0.15) is 23.5 Å². The van der Waals surface area contributed by atoms with Gasteiger partial charge in [0, 0.05) is 51.2 Å². The molecule has 3 heterocycles. The summed E-state index contributed by atoms with van der Waals surface area (Å²) < 4.78 is 39.6. The summed E-state index contributed by atoms with van der Waals surface area (Å²) in [5, 5.41) is 3.04. The molecule has 0 atom stereocenters. The van der Waals surface area contributed by atoms with Crippen LogP contribution in [0.2, 0.25) is 0 Å². The lowest BCUT2D eigenvalue weighted by Gasteiger charge is -2.32. The van der Waals surface area contributed by atoms with Crippen molar-refractivity contribution in [2.24, 2.45) is 7.05 Å². The van der Waals surface area contributed by atoms with Crippen molar-refractivity contribution in [3.05, 3.63) is 46.5 Å². The third-order valence-corrected chi connectivity index (χ3v) is 4.36. The van der Waals surface area contributed by atoms with Crippen LogP contribution in [0.1, 0.15) is 24.2 Å². The molecule has 140 valence electrons. The summed E-state index contributed by atoms with van der Waals surface area (Å²) in [5.74, 6) is 0.171. The van der Waals surface area contributed by atoms with E-state index in [4.69, 9.17) is 0 Å². The number of halogens is 3. The average Bonchev–Trinajstić information content (AvgIpc) is 2.60. The second kappa shape index (κ2) is 7.40. The maximum atomic E-state index is 12.7. The summed E-state index contributed by atoms with van der Waals surface area (Å²) in [6.07, 6.45) is 1.10. The molecular weight excluding hydrogens is 349 g/mol. The molecule has 0 aliphatic carbocycles. The summed E-state index contributed by atoms with van der Waals surface area (Å²) >= 11 is 0. The molecule has 1 saturated heterocycles. The molecule has 3 rings (SSSR count). The first-order valence-corrected chi connectivity index (χ1v) is 8.21. The molecule has 26 heavy (non-hydrogen) atoms. The number of nitrogens with zero attached hydrogens (tertiary/aromatic N) is 5. The fourth-order valence-corrected chi connectivity index (χ4v) is 2.91. The zero-order valence-corrected chi connectivity index (χ0v) is 14.2. The van der Waals surface area contributed by atoms with E-state index in [1.807, 2.05) is 0 Å². The zero-order chi connectivity index (χ0) is 18.7. The number of aryl methyl sites for hydroxylation is 1. The number of piperidine rings is 1. The Balaban J connectivity index is 1.56. The highest BCUT2D eigenvalue weighted by atomic mass is 19.4. The normalized spacial score (nSPS) is 16.6. The molecule has 1 aliphatic rings. The first-order chi connectivity index (χ1) is 12.3. The Morgan fingerprint density at radius 1 is 1.23 bits per heavy atom. The Bertz CT molecular complexity index is 814. The molecule has 1 N–H and O–H groups in total. The van der Waals surface area contributed by atoms with Gasteiger partial charge in [-0.15, -0.1) is 0 Å². The van der Waals surface area contributed by atoms with Crippen molar-refractivity contribution >= 4 is 5.82 Å². The minimum absolute atomic E-state index is 0.0220. The molecule has 0 amide bonds. The van der Waals surface area contributed by atoms with Crippen molar-refractivity contribution in [2.75, 3.05) is 18.4 Å².